The van der Waals surface area contributed by atoms with E-state index >= 15 is 0 Å². The highest BCUT2D eigenvalue weighted by atomic mass is 16.2. The zero-order valence-electron chi connectivity index (χ0n) is 16.4. The maximum atomic E-state index is 12.8. The largest absolute Gasteiger partial charge is 0.341 e. The van der Waals surface area contributed by atoms with Crippen LogP contribution in [0.25, 0.3) is 0 Å². The lowest BCUT2D eigenvalue weighted by Crippen LogP contribution is -2.38. The van der Waals surface area contributed by atoms with Crippen LogP contribution in [0.15, 0.2) is 18.2 Å². The van der Waals surface area contributed by atoms with Gasteiger partial charge in [-0.25, -0.2) is 0 Å². The predicted molar refractivity (Wildman–Crippen MR) is 105 cm³/mol. The molecule has 2 aliphatic rings. The standard InChI is InChI=1S/C21H29N3O3/c1-3-5-20(26)23-10-4-11-24(13-12-23)21(27)15-16-6-8-18-17(14-16)7-9-19(25)22(18)2/h6,8,14H,3-5,7,9-13,15H2,1-2H3. The monoisotopic (exact) mass is 371 g/mol. The van der Waals surface area contributed by atoms with E-state index < -0.39 is 0 Å². The summed E-state index contributed by atoms with van der Waals surface area (Å²) in [7, 11) is 1.80. The lowest BCUT2D eigenvalue weighted by atomic mass is 9.98. The van der Waals surface area contributed by atoms with Crippen molar-refractivity contribution in [2.45, 2.75) is 45.4 Å². The van der Waals surface area contributed by atoms with E-state index in [1.54, 1.807) is 11.9 Å². The minimum Gasteiger partial charge on any atom is -0.341 e. The zero-order chi connectivity index (χ0) is 19.4. The number of aryl methyl sites for hydroxylation is 1. The van der Waals surface area contributed by atoms with Crippen molar-refractivity contribution in [3.8, 4) is 0 Å². The Labute approximate surface area is 161 Å². The molecule has 0 aliphatic carbocycles. The average Bonchev–Trinajstić information content (AvgIpc) is 2.91. The molecular formula is C21H29N3O3. The first-order valence-electron chi connectivity index (χ1n) is 9.93. The average molecular weight is 371 g/mol. The molecule has 0 bridgehead atoms. The first kappa shape index (κ1) is 19.4. The molecule has 2 aliphatic heterocycles. The number of hydrogen-bond acceptors (Lipinski definition) is 3. The second-order valence-electron chi connectivity index (χ2n) is 7.46. The summed E-state index contributed by atoms with van der Waals surface area (Å²) >= 11 is 0. The summed E-state index contributed by atoms with van der Waals surface area (Å²) < 4.78 is 0. The third kappa shape index (κ3) is 4.49. The van der Waals surface area contributed by atoms with Crippen molar-refractivity contribution in [1.82, 2.24) is 9.80 Å². The predicted octanol–water partition coefficient (Wildman–Crippen LogP) is 2.00. The molecule has 0 radical (unpaired) electrons. The number of anilines is 1. The highest BCUT2D eigenvalue weighted by Crippen LogP contribution is 2.27. The smallest absolute Gasteiger partial charge is 0.227 e. The number of benzene rings is 1. The van der Waals surface area contributed by atoms with Crippen LogP contribution in [-0.4, -0.2) is 60.7 Å². The molecule has 0 N–H and O–H groups in total. The van der Waals surface area contributed by atoms with E-state index in [1.807, 2.05) is 28.9 Å². The molecular weight excluding hydrogens is 342 g/mol. The fourth-order valence-electron chi connectivity index (χ4n) is 3.89. The molecule has 6 nitrogen and oxygen atoms in total. The van der Waals surface area contributed by atoms with Gasteiger partial charge in [-0.05, 0) is 36.5 Å². The molecule has 1 fully saturated rings. The molecule has 0 unspecified atom stereocenters. The van der Waals surface area contributed by atoms with Crippen molar-refractivity contribution >= 4 is 23.4 Å². The van der Waals surface area contributed by atoms with Gasteiger partial charge in [0.25, 0.3) is 0 Å². The van der Waals surface area contributed by atoms with Gasteiger partial charge in [0.05, 0.1) is 6.42 Å². The van der Waals surface area contributed by atoms with Crippen LogP contribution in [0.4, 0.5) is 5.69 Å². The Hall–Kier alpha value is -2.37. The van der Waals surface area contributed by atoms with Gasteiger partial charge in [-0.3, -0.25) is 14.4 Å². The summed E-state index contributed by atoms with van der Waals surface area (Å²) in [6.45, 7) is 4.69. The first-order chi connectivity index (χ1) is 13.0. The molecule has 1 saturated heterocycles. The summed E-state index contributed by atoms with van der Waals surface area (Å²) in [6.07, 6.45) is 3.90. The highest BCUT2D eigenvalue weighted by molar-refractivity contribution is 5.96. The van der Waals surface area contributed by atoms with Gasteiger partial charge >= 0.3 is 0 Å². The van der Waals surface area contributed by atoms with Crippen molar-refractivity contribution in [3.63, 3.8) is 0 Å². The molecule has 2 heterocycles. The van der Waals surface area contributed by atoms with Crippen LogP contribution in [0.1, 0.15) is 43.7 Å². The molecule has 27 heavy (non-hydrogen) atoms. The van der Waals surface area contributed by atoms with Crippen LogP contribution in [0.2, 0.25) is 0 Å². The Bertz CT molecular complexity index is 731. The van der Waals surface area contributed by atoms with Gasteiger partial charge in [0.15, 0.2) is 0 Å². The van der Waals surface area contributed by atoms with Crippen LogP contribution in [0.5, 0.6) is 0 Å². The van der Waals surface area contributed by atoms with Crippen molar-refractivity contribution < 1.29 is 14.4 Å². The van der Waals surface area contributed by atoms with Crippen molar-refractivity contribution in [1.29, 1.82) is 0 Å². The second-order valence-corrected chi connectivity index (χ2v) is 7.46. The van der Waals surface area contributed by atoms with E-state index in [0.717, 1.165) is 42.6 Å². The summed E-state index contributed by atoms with van der Waals surface area (Å²) in [4.78, 5) is 42.1. The maximum absolute atomic E-state index is 12.8. The Morgan fingerprint density at radius 3 is 2.41 bits per heavy atom. The molecule has 1 aromatic carbocycles. The van der Waals surface area contributed by atoms with Crippen LogP contribution in [0, 0.1) is 0 Å². The van der Waals surface area contributed by atoms with Crippen LogP contribution >= 0.6 is 0 Å². The summed E-state index contributed by atoms with van der Waals surface area (Å²) in [6, 6.07) is 5.95. The molecule has 3 amide bonds. The Morgan fingerprint density at radius 2 is 1.70 bits per heavy atom. The maximum Gasteiger partial charge on any atom is 0.227 e. The second kappa shape index (κ2) is 8.55. The summed E-state index contributed by atoms with van der Waals surface area (Å²) in [5.74, 6) is 0.443. The molecule has 3 rings (SSSR count). The van der Waals surface area contributed by atoms with E-state index in [-0.39, 0.29) is 17.7 Å². The zero-order valence-corrected chi connectivity index (χ0v) is 16.4. The van der Waals surface area contributed by atoms with Crippen molar-refractivity contribution in [3.05, 3.63) is 29.3 Å². The van der Waals surface area contributed by atoms with Gasteiger partial charge in [0.2, 0.25) is 17.7 Å². The highest BCUT2D eigenvalue weighted by Gasteiger charge is 2.23. The van der Waals surface area contributed by atoms with Gasteiger partial charge in [-0.1, -0.05) is 19.1 Å². The summed E-state index contributed by atoms with van der Waals surface area (Å²) in [5, 5.41) is 0. The van der Waals surface area contributed by atoms with E-state index in [2.05, 4.69) is 6.07 Å². The summed E-state index contributed by atoms with van der Waals surface area (Å²) in [5.41, 5.74) is 3.07. The van der Waals surface area contributed by atoms with E-state index in [4.69, 9.17) is 0 Å². The quantitative estimate of drug-likeness (QED) is 0.813. The molecule has 146 valence electrons. The molecule has 0 aromatic heterocycles. The van der Waals surface area contributed by atoms with E-state index in [9.17, 15) is 14.4 Å². The molecule has 0 spiro atoms. The molecule has 0 atom stereocenters. The van der Waals surface area contributed by atoms with E-state index in [1.165, 1.54) is 0 Å². The van der Waals surface area contributed by atoms with Crippen molar-refractivity contribution in [2.75, 3.05) is 38.1 Å². The topological polar surface area (TPSA) is 60.9 Å². The fourth-order valence-corrected chi connectivity index (χ4v) is 3.89. The lowest BCUT2D eigenvalue weighted by molar-refractivity contribution is -0.133. The normalized spacial score (nSPS) is 17.6. The number of nitrogens with zero attached hydrogens (tertiary/aromatic N) is 3. The molecule has 6 heteroatoms. The minimum absolute atomic E-state index is 0.111. The number of rotatable bonds is 4. The van der Waals surface area contributed by atoms with Crippen LogP contribution < -0.4 is 4.90 Å². The van der Waals surface area contributed by atoms with E-state index in [0.29, 0.717) is 38.9 Å². The van der Waals surface area contributed by atoms with Gasteiger partial charge < -0.3 is 14.7 Å². The van der Waals surface area contributed by atoms with Gasteiger partial charge in [-0.15, -0.1) is 0 Å². The molecule has 0 saturated carbocycles. The number of fused-ring (bicyclic) bond motifs is 1. The Morgan fingerprint density at radius 1 is 1.00 bits per heavy atom. The number of hydrogen-bond donors (Lipinski definition) is 0. The third-order valence-electron chi connectivity index (χ3n) is 5.51. The Balaban J connectivity index is 1.61. The van der Waals surface area contributed by atoms with Crippen LogP contribution in [-0.2, 0) is 27.2 Å². The SMILES string of the molecule is CCCC(=O)N1CCCN(C(=O)Cc2ccc3c(c2)CCC(=O)N3C)CC1. The van der Waals surface area contributed by atoms with Gasteiger partial charge in [0.1, 0.15) is 0 Å². The first-order valence-corrected chi connectivity index (χ1v) is 9.93. The van der Waals surface area contributed by atoms with Crippen molar-refractivity contribution in [2.24, 2.45) is 0 Å². The third-order valence-corrected chi connectivity index (χ3v) is 5.51. The van der Waals surface area contributed by atoms with Gasteiger partial charge in [0, 0.05) is 51.8 Å². The lowest BCUT2D eigenvalue weighted by Gasteiger charge is -2.26. The fraction of sp³-hybridized carbons (Fsp3) is 0.571. The minimum atomic E-state index is 0.111. The number of carbonyl (C=O) groups excluding carboxylic acids is 3. The molecule has 1 aromatic rings. The van der Waals surface area contributed by atoms with Crippen LogP contribution in [0.3, 0.4) is 0 Å². The van der Waals surface area contributed by atoms with Gasteiger partial charge in [-0.2, -0.15) is 0 Å². The number of amides is 3. The Kier molecular flexibility index (Phi) is 6.14. The number of carbonyl (C=O) groups is 3.